The van der Waals surface area contributed by atoms with Crippen molar-refractivity contribution in [3.05, 3.63) is 48.5 Å². The third kappa shape index (κ3) is 1.72. The van der Waals surface area contributed by atoms with Gasteiger partial charge < -0.3 is 13.6 Å². The highest BCUT2D eigenvalue weighted by molar-refractivity contribution is 5.73. The minimum absolute atomic E-state index is 0.118. The first-order valence-corrected chi connectivity index (χ1v) is 5.77. The molecule has 0 saturated heterocycles. The van der Waals surface area contributed by atoms with Crippen LogP contribution in [0.3, 0.4) is 0 Å². The minimum Gasteiger partial charge on any atom is -0.409 e. The maximum absolute atomic E-state index is 5.43. The van der Waals surface area contributed by atoms with Gasteiger partial charge in [0.2, 0.25) is 0 Å². The minimum atomic E-state index is 0.118. The Hall–Kier alpha value is -2.82. The molecule has 0 radical (unpaired) electrons. The van der Waals surface area contributed by atoms with Crippen molar-refractivity contribution in [2.75, 3.05) is 0 Å². The summed E-state index contributed by atoms with van der Waals surface area (Å²) in [6, 6.07) is 14.8. The number of benzene rings is 2. The molecule has 2 aromatic carbocycles. The molecule has 4 aromatic rings. The Morgan fingerprint density at radius 3 is 1.63 bits per heavy atom. The lowest BCUT2D eigenvalue weighted by Crippen LogP contribution is -1.82. The van der Waals surface area contributed by atoms with Crippen LogP contribution in [0.25, 0.3) is 22.2 Å². The van der Waals surface area contributed by atoms with E-state index in [2.05, 4.69) is 9.97 Å². The van der Waals surface area contributed by atoms with E-state index in [0.29, 0.717) is 11.2 Å². The molecular weight excluding hydrogens is 244 g/mol. The summed E-state index contributed by atoms with van der Waals surface area (Å²) in [7, 11) is 0. The van der Waals surface area contributed by atoms with E-state index < -0.39 is 0 Å². The quantitative estimate of drug-likeness (QED) is 0.543. The molecule has 4 rings (SSSR count). The molecule has 0 N–H and O–H groups in total. The van der Waals surface area contributed by atoms with Crippen molar-refractivity contribution in [2.24, 2.45) is 0 Å². The lowest BCUT2D eigenvalue weighted by atomic mass is 10.3. The fourth-order valence-corrected chi connectivity index (χ4v) is 1.86. The van der Waals surface area contributed by atoms with Crippen LogP contribution in [0.15, 0.2) is 57.4 Å². The molecule has 0 unspecified atom stereocenters. The van der Waals surface area contributed by atoms with Gasteiger partial charge in [0.05, 0.1) is 0 Å². The second-order valence-corrected chi connectivity index (χ2v) is 4.00. The number of ether oxygens (including phenoxy) is 1. The number of hydrogen-bond acceptors (Lipinski definition) is 5. The summed E-state index contributed by atoms with van der Waals surface area (Å²) in [6.45, 7) is 0. The molecular formula is C14H8N2O3. The molecule has 0 fully saturated rings. The van der Waals surface area contributed by atoms with Crippen molar-refractivity contribution in [1.82, 2.24) is 9.97 Å². The first-order valence-electron chi connectivity index (χ1n) is 5.77. The third-order valence-corrected chi connectivity index (χ3v) is 2.72. The smallest absolute Gasteiger partial charge is 0.403 e. The number of nitrogens with zero attached hydrogens (tertiary/aromatic N) is 2. The van der Waals surface area contributed by atoms with Crippen LogP contribution < -0.4 is 4.74 Å². The van der Waals surface area contributed by atoms with Crippen molar-refractivity contribution < 1.29 is 13.6 Å². The molecule has 0 aliphatic heterocycles. The van der Waals surface area contributed by atoms with Crippen molar-refractivity contribution in [2.45, 2.75) is 0 Å². The van der Waals surface area contributed by atoms with E-state index in [0.717, 1.165) is 11.0 Å². The summed E-state index contributed by atoms with van der Waals surface area (Å²) in [4.78, 5) is 8.38. The van der Waals surface area contributed by atoms with Gasteiger partial charge in [-0.05, 0) is 24.3 Å². The topological polar surface area (TPSA) is 61.3 Å². The third-order valence-electron chi connectivity index (χ3n) is 2.72. The van der Waals surface area contributed by atoms with Crippen molar-refractivity contribution in [3.8, 4) is 12.2 Å². The number of fused-ring (bicyclic) bond motifs is 2. The fourth-order valence-electron chi connectivity index (χ4n) is 1.86. The van der Waals surface area contributed by atoms with Crippen LogP contribution in [-0.2, 0) is 0 Å². The van der Waals surface area contributed by atoms with Crippen LogP contribution in [0.4, 0.5) is 0 Å². The molecule has 0 saturated carbocycles. The van der Waals surface area contributed by atoms with Crippen LogP contribution in [0.2, 0.25) is 0 Å². The Morgan fingerprint density at radius 2 is 1.16 bits per heavy atom. The van der Waals surface area contributed by atoms with Crippen molar-refractivity contribution in [1.29, 1.82) is 0 Å². The lowest BCUT2D eigenvalue weighted by Gasteiger charge is -1.90. The predicted octanol–water partition coefficient (Wildman–Crippen LogP) is 3.76. The largest absolute Gasteiger partial charge is 0.409 e. The zero-order chi connectivity index (χ0) is 12.7. The summed E-state index contributed by atoms with van der Waals surface area (Å²) in [5.74, 6) is 0. The molecule has 0 bridgehead atoms. The van der Waals surface area contributed by atoms with Gasteiger partial charge in [0.1, 0.15) is 11.0 Å². The molecule has 0 aliphatic rings. The molecule has 92 valence electrons. The first kappa shape index (κ1) is 10.1. The van der Waals surface area contributed by atoms with E-state index in [-0.39, 0.29) is 12.2 Å². The predicted molar refractivity (Wildman–Crippen MR) is 68.1 cm³/mol. The SMILES string of the molecule is c1ccc2oc(Oc3nc4ccccc4o3)nc2c1. The molecule has 0 amide bonds. The van der Waals surface area contributed by atoms with Crippen LogP contribution in [0.1, 0.15) is 0 Å². The molecule has 0 atom stereocenters. The number of hydrogen-bond donors (Lipinski definition) is 0. The molecule has 0 aliphatic carbocycles. The highest BCUT2D eigenvalue weighted by Gasteiger charge is 2.12. The van der Waals surface area contributed by atoms with Crippen LogP contribution in [0, 0.1) is 0 Å². The number of para-hydroxylation sites is 4. The van der Waals surface area contributed by atoms with Gasteiger partial charge in [-0.15, -0.1) is 0 Å². The second kappa shape index (κ2) is 3.84. The van der Waals surface area contributed by atoms with Crippen LogP contribution >= 0.6 is 0 Å². The average molecular weight is 252 g/mol. The molecule has 5 heteroatoms. The first-order chi connectivity index (χ1) is 9.38. The Balaban J connectivity index is 1.73. The van der Waals surface area contributed by atoms with E-state index in [1.54, 1.807) is 0 Å². The molecule has 2 aromatic heterocycles. The zero-order valence-electron chi connectivity index (χ0n) is 9.74. The maximum atomic E-state index is 5.43. The van der Waals surface area contributed by atoms with Crippen molar-refractivity contribution >= 4 is 22.2 Å². The normalized spacial score (nSPS) is 11.2. The van der Waals surface area contributed by atoms with Gasteiger partial charge in [0.15, 0.2) is 11.2 Å². The van der Waals surface area contributed by atoms with E-state index in [1.165, 1.54) is 0 Å². The maximum Gasteiger partial charge on any atom is 0.403 e. The van der Waals surface area contributed by atoms with E-state index in [9.17, 15) is 0 Å². The van der Waals surface area contributed by atoms with Crippen LogP contribution in [-0.4, -0.2) is 9.97 Å². The number of oxazole rings is 2. The summed E-state index contributed by atoms with van der Waals surface area (Å²) in [5, 5.41) is 0. The van der Waals surface area contributed by atoms with E-state index in [1.807, 2.05) is 48.5 Å². The summed E-state index contributed by atoms with van der Waals surface area (Å²) in [5.41, 5.74) is 2.78. The highest BCUT2D eigenvalue weighted by atomic mass is 16.7. The monoisotopic (exact) mass is 252 g/mol. The van der Waals surface area contributed by atoms with Crippen LogP contribution in [0.5, 0.6) is 12.2 Å². The number of rotatable bonds is 2. The second-order valence-electron chi connectivity index (χ2n) is 4.00. The zero-order valence-corrected chi connectivity index (χ0v) is 9.74. The lowest BCUT2D eigenvalue weighted by molar-refractivity contribution is 0.270. The van der Waals surface area contributed by atoms with Gasteiger partial charge in [-0.25, -0.2) is 0 Å². The van der Waals surface area contributed by atoms with Gasteiger partial charge in [-0.2, -0.15) is 9.97 Å². The van der Waals surface area contributed by atoms with Gasteiger partial charge >= 0.3 is 12.2 Å². The Bertz CT molecular complexity index is 725. The average Bonchev–Trinajstić information content (AvgIpc) is 3.00. The number of aromatic nitrogens is 2. The fraction of sp³-hybridized carbons (Fsp3) is 0. The van der Waals surface area contributed by atoms with Gasteiger partial charge in [-0.1, -0.05) is 24.3 Å². The van der Waals surface area contributed by atoms with E-state index >= 15 is 0 Å². The molecule has 0 spiro atoms. The molecule has 5 nitrogen and oxygen atoms in total. The highest BCUT2D eigenvalue weighted by Crippen LogP contribution is 2.27. The summed E-state index contributed by atoms with van der Waals surface area (Å²) >= 11 is 0. The molecule has 2 heterocycles. The van der Waals surface area contributed by atoms with Gasteiger partial charge in [0.25, 0.3) is 0 Å². The Labute approximate surface area is 107 Å². The summed E-state index contributed by atoms with van der Waals surface area (Å²) in [6.07, 6.45) is 0.237. The van der Waals surface area contributed by atoms with Gasteiger partial charge in [-0.3, -0.25) is 0 Å². The van der Waals surface area contributed by atoms with E-state index in [4.69, 9.17) is 13.6 Å². The standard InChI is InChI=1S/C14H8N2O3/c1-3-7-11-9(5-1)15-13(17-11)19-14-16-10-6-2-4-8-12(10)18-14/h1-8H. The molecule has 19 heavy (non-hydrogen) atoms. The van der Waals surface area contributed by atoms with Crippen molar-refractivity contribution in [3.63, 3.8) is 0 Å². The Morgan fingerprint density at radius 1 is 0.684 bits per heavy atom. The summed E-state index contributed by atoms with van der Waals surface area (Å²) < 4.78 is 16.3. The Kier molecular flexibility index (Phi) is 2.05. The van der Waals surface area contributed by atoms with Gasteiger partial charge in [0, 0.05) is 0 Å².